The second-order valence-corrected chi connectivity index (χ2v) is 4.45. The van der Waals surface area contributed by atoms with Crippen LogP contribution < -0.4 is 10.6 Å². The first-order valence-corrected chi connectivity index (χ1v) is 5.90. The quantitative estimate of drug-likeness (QED) is 0.685. The van der Waals surface area contributed by atoms with Gasteiger partial charge < -0.3 is 14.8 Å². The summed E-state index contributed by atoms with van der Waals surface area (Å²) in [5.41, 5.74) is -0.901. The third-order valence-electron chi connectivity index (χ3n) is 3.24. The zero-order valence-electron chi connectivity index (χ0n) is 9.94. The van der Waals surface area contributed by atoms with Crippen molar-refractivity contribution in [2.24, 2.45) is 0 Å². The maximum absolute atomic E-state index is 11.5. The fraction of sp³-hybridized carbons (Fsp3) is 0.500. The van der Waals surface area contributed by atoms with Crippen molar-refractivity contribution in [2.75, 3.05) is 6.54 Å². The van der Waals surface area contributed by atoms with E-state index in [1.54, 1.807) is 12.1 Å². The van der Waals surface area contributed by atoms with Crippen molar-refractivity contribution in [3.8, 4) is 0 Å². The molecule has 0 aliphatic heterocycles. The number of carbonyl (C=O) groups is 2. The predicted octanol–water partition coefficient (Wildman–Crippen LogP) is 0.493. The molecular weight excluding hydrogens is 236 g/mol. The van der Waals surface area contributed by atoms with E-state index in [1.807, 2.05) is 0 Å². The van der Waals surface area contributed by atoms with E-state index >= 15 is 0 Å². The molecule has 1 aromatic heterocycles. The largest absolute Gasteiger partial charge is 0.480 e. The summed E-state index contributed by atoms with van der Waals surface area (Å²) in [6.45, 7) is 0.320. The number of amides is 1. The number of aliphatic carboxylic acids is 1. The molecule has 18 heavy (non-hydrogen) atoms. The molecule has 0 bridgehead atoms. The molecule has 0 saturated heterocycles. The number of furan rings is 1. The van der Waals surface area contributed by atoms with Crippen molar-refractivity contribution in [3.63, 3.8) is 0 Å². The van der Waals surface area contributed by atoms with E-state index in [4.69, 9.17) is 9.52 Å². The van der Waals surface area contributed by atoms with Gasteiger partial charge in [-0.25, -0.2) is 0 Å². The van der Waals surface area contributed by atoms with Gasteiger partial charge in [-0.05, 0) is 31.4 Å². The van der Waals surface area contributed by atoms with Crippen LogP contribution in [0.3, 0.4) is 0 Å². The highest BCUT2D eigenvalue weighted by molar-refractivity contribution is 5.82. The molecule has 6 nitrogen and oxygen atoms in total. The van der Waals surface area contributed by atoms with Gasteiger partial charge in [-0.15, -0.1) is 0 Å². The Kier molecular flexibility index (Phi) is 3.66. The fourth-order valence-corrected chi connectivity index (χ4v) is 1.91. The number of hydrogen-bond acceptors (Lipinski definition) is 4. The summed E-state index contributed by atoms with van der Waals surface area (Å²) in [7, 11) is 0. The van der Waals surface area contributed by atoms with Crippen LogP contribution in [0.1, 0.15) is 25.0 Å². The summed E-state index contributed by atoms with van der Waals surface area (Å²) in [6.07, 6.45) is 3.57. The maximum Gasteiger partial charge on any atom is 0.323 e. The number of carbonyl (C=O) groups excluding carboxylic acids is 1. The predicted molar refractivity (Wildman–Crippen MR) is 62.8 cm³/mol. The molecule has 0 spiro atoms. The van der Waals surface area contributed by atoms with Crippen molar-refractivity contribution < 1.29 is 19.1 Å². The first kappa shape index (κ1) is 12.6. The Labute approximate surface area is 104 Å². The average Bonchev–Trinajstić information content (AvgIpc) is 2.77. The zero-order valence-corrected chi connectivity index (χ0v) is 9.94. The lowest BCUT2D eigenvalue weighted by Gasteiger charge is -2.38. The van der Waals surface area contributed by atoms with E-state index in [2.05, 4.69) is 10.6 Å². The third-order valence-corrected chi connectivity index (χ3v) is 3.24. The topological polar surface area (TPSA) is 91.6 Å². The van der Waals surface area contributed by atoms with Gasteiger partial charge in [0, 0.05) is 0 Å². The van der Waals surface area contributed by atoms with Crippen molar-refractivity contribution in [1.29, 1.82) is 0 Å². The Morgan fingerprint density at radius 1 is 1.44 bits per heavy atom. The van der Waals surface area contributed by atoms with Gasteiger partial charge in [0.25, 0.3) is 0 Å². The van der Waals surface area contributed by atoms with Crippen molar-refractivity contribution in [2.45, 2.75) is 31.3 Å². The van der Waals surface area contributed by atoms with E-state index in [9.17, 15) is 9.59 Å². The highest BCUT2D eigenvalue weighted by Gasteiger charge is 2.44. The van der Waals surface area contributed by atoms with Gasteiger partial charge >= 0.3 is 5.97 Å². The highest BCUT2D eigenvalue weighted by Crippen LogP contribution is 2.31. The van der Waals surface area contributed by atoms with Crippen molar-refractivity contribution in [3.05, 3.63) is 24.2 Å². The Hall–Kier alpha value is -1.82. The molecule has 1 amide bonds. The molecule has 1 fully saturated rings. The van der Waals surface area contributed by atoms with E-state index < -0.39 is 11.5 Å². The van der Waals surface area contributed by atoms with E-state index in [1.165, 1.54) is 6.26 Å². The van der Waals surface area contributed by atoms with Crippen LogP contribution in [0, 0.1) is 0 Å². The molecule has 1 heterocycles. The third kappa shape index (κ3) is 2.70. The lowest BCUT2D eigenvalue weighted by atomic mass is 9.77. The zero-order chi connectivity index (χ0) is 13.0. The number of hydrogen-bond donors (Lipinski definition) is 3. The lowest BCUT2D eigenvalue weighted by Crippen LogP contribution is -2.59. The van der Waals surface area contributed by atoms with Gasteiger partial charge in [0.1, 0.15) is 11.3 Å². The normalized spacial score (nSPS) is 16.9. The van der Waals surface area contributed by atoms with Gasteiger partial charge in [-0.2, -0.15) is 0 Å². The maximum atomic E-state index is 11.5. The minimum atomic E-state index is -0.901. The van der Waals surface area contributed by atoms with Crippen LogP contribution in [-0.4, -0.2) is 29.1 Å². The van der Waals surface area contributed by atoms with E-state index in [-0.39, 0.29) is 12.5 Å². The lowest BCUT2D eigenvalue weighted by molar-refractivity contribution is -0.149. The molecule has 0 unspecified atom stereocenters. The first-order valence-electron chi connectivity index (χ1n) is 5.90. The molecule has 1 saturated carbocycles. The summed E-state index contributed by atoms with van der Waals surface area (Å²) in [5.74, 6) is -0.452. The number of nitrogens with one attached hydrogen (secondary N) is 2. The highest BCUT2D eigenvalue weighted by atomic mass is 16.4. The van der Waals surface area contributed by atoms with Gasteiger partial charge in [0.15, 0.2) is 0 Å². The Balaban J connectivity index is 1.73. The Morgan fingerprint density at radius 3 is 2.72 bits per heavy atom. The van der Waals surface area contributed by atoms with Crippen LogP contribution in [0.5, 0.6) is 0 Å². The SMILES string of the molecule is O=C(CNC1(C(=O)O)CCC1)NCc1ccco1. The molecule has 1 aromatic rings. The summed E-state index contributed by atoms with van der Waals surface area (Å²) < 4.78 is 5.07. The molecule has 0 atom stereocenters. The van der Waals surface area contributed by atoms with Gasteiger partial charge in [0.05, 0.1) is 19.4 Å². The summed E-state index contributed by atoms with van der Waals surface area (Å²) in [5, 5.41) is 14.5. The summed E-state index contributed by atoms with van der Waals surface area (Å²) >= 11 is 0. The van der Waals surface area contributed by atoms with Gasteiger partial charge in [-0.1, -0.05) is 0 Å². The molecular formula is C12H16N2O4. The summed E-state index contributed by atoms with van der Waals surface area (Å²) in [6, 6.07) is 3.51. The number of rotatable bonds is 6. The van der Waals surface area contributed by atoms with Gasteiger partial charge in [0.2, 0.25) is 5.91 Å². The Morgan fingerprint density at radius 2 is 2.22 bits per heavy atom. The first-order chi connectivity index (χ1) is 8.62. The van der Waals surface area contributed by atoms with Crippen LogP contribution in [0.15, 0.2) is 22.8 Å². The van der Waals surface area contributed by atoms with E-state index in [0.717, 1.165) is 6.42 Å². The molecule has 0 aromatic carbocycles. The molecule has 1 aliphatic carbocycles. The number of carboxylic acids is 1. The van der Waals surface area contributed by atoms with Crippen LogP contribution >= 0.6 is 0 Å². The van der Waals surface area contributed by atoms with Crippen LogP contribution in [0.2, 0.25) is 0 Å². The van der Waals surface area contributed by atoms with Crippen molar-refractivity contribution >= 4 is 11.9 Å². The van der Waals surface area contributed by atoms with Crippen molar-refractivity contribution in [1.82, 2.24) is 10.6 Å². The minimum absolute atomic E-state index is 0.00695. The average molecular weight is 252 g/mol. The second-order valence-electron chi connectivity index (χ2n) is 4.45. The minimum Gasteiger partial charge on any atom is -0.480 e. The van der Waals surface area contributed by atoms with Crippen LogP contribution in [0.4, 0.5) is 0 Å². The Bertz CT molecular complexity index is 423. The van der Waals surface area contributed by atoms with Crippen LogP contribution in [0.25, 0.3) is 0 Å². The molecule has 2 rings (SSSR count). The monoisotopic (exact) mass is 252 g/mol. The summed E-state index contributed by atoms with van der Waals surface area (Å²) in [4.78, 5) is 22.6. The number of carboxylic acid groups (broad SMARTS) is 1. The fourth-order valence-electron chi connectivity index (χ4n) is 1.91. The molecule has 3 N–H and O–H groups in total. The van der Waals surface area contributed by atoms with E-state index in [0.29, 0.717) is 25.1 Å². The smallest absolute Gasteiger partial charge is 0.323 e. The molecule has 0 radical (unpaired) electrons. The van der Waals surface area contributed by atoms with Crippen LogP contribution in [-0.2, 0) is 16.1 Å². The second kappa shape index (κ2) is 5.22. The molecule has 1 aliphatic rings. The van der Waals surface area contributed by atoms with Gasteiger partial charge in [-0.3, -0.25) is 14.9 Å². The standard InChI is InChI=1S/C12H16N2O4/c15-10(13-7-9-3-1-6-18-9)8-14-12(11(16)17)4-2-5-12/h1,3,6,14H,2,4-5,7-8H2,(H,13,15)(H,16,17). The molecule has 6 heteroatoms. The molecule has 98 valence electrons.